The first-order chi connectivity index (χ1) is 8.88. The Morgan fingerprint density at radius 3 is 2.58 bits per heavy atom. The highest BCUT2D eigenvalue weighted by Crippen LogP contribution is 2.29. The molecule has 6 nitrogen and oxygen atoms in total. The Morgan fingerprint density at radius 2 is 2.11 bits per heavy atom. The summed E-state index contributed by atoms with van der Waals surface area (Å²) in [6.45, 7) is 3.11. The van der Waals surface area contributed by atoms with Crippen LogP contribution in [-0.2, 0) is 9.53 Å². The molecular weight excluding hydrogens is 318 g/mol. The Balaban J connectivity index is 3.26. The van der Waals surface area contributed by atoms with Gasteiger partial charge in [-0.1, -0.05) is 22.0 Å². The summed E-state index contributed by atoms with van der Waals surface area (Å²) in [5.41, 5.74) is -0.0762. The maximum absolute atomic E-state index is 11.6. The van der Waals surface area contributed by atoms with Crippen molar-refractivity contribution in [3.05, 3.63) is 39.4 Å². The zero-order valence-electron chi connectivity index (χ0n) is 10.4. The van der Waals surface area contributed by atoms with Crippen LogP contribution in [0.1, 0.15) is 34.6 Å². The zero-order chi connectivity index (χ0) is 14.6. The summed E-state index contributed by atoms with van der Waals surface area (Å²) in [6, 6.07) is 3.98. The number of Topliss-reactive ketones (excluding diaryl/α,β-unsaturated/α-hetero) is 1. The Hall–Kier alpha value is -1.76. The Labute approximate surface area is 118 Å². The molecule has 19 heavy (non-hydrogen) atoms. The van der Waals surface area contributed by atoms with E-state index in [1.807, 2.05) is 0 Å². The molecule has 0 spiro atoms. The number of alkyl halides is 1. The molecule has 102 valence electrons. The van der Waals surface area contributed by atoms with Crippen LogP contribution < -0.4 is 0 Å². The lowest BCUT2D eigenvalue weighted by molar-refractivity contribution is -0.385. The number of nitrogens with zero attached hydrogens (tertiary/aromatic N) is 1. The van der Waals surface area contributed by atoms with Crippen LogP contribution in [0.15, 0.2) is 18.2 Å². The van der Waals surface area contributed by atoms with Gasteiger partial charge in [0.05, 0.1) is 16.4 Å². The Morgan fingerprint density at radius 1 is 1.47 bits per heavy atom. The SMILES string of the molecule is CCOC(=O)c1ccc(C(Br)C(C)=O)cc1[N+](=O)[O-]. The van der Waals surface area contributed by atoms with Crippen molar-refractivity contribution in [2.75, 3.05) is 6.61 Å². The summed E-state index contributed by atoms with van der Waals surface area (Å²) in [5.74, 6) is -0.937. The standard InChI is InChI=1S/C12H12BrNO5/c1-3-19-12(16)9-5-4-8(11(13)7(2)15)6-10(9)14(17)18/h4-6,11H,3H2,1-2H3. The summed E-state index contributed by atoms with van der Waals surface area (Å²) in [7, 11) is 0. The van der Waals surface area contributed by atoms with Gasteiger partial charge in [0, 0.05) is 6.07 Å². The molecule has 7 heteroatoms. The third-order valence-electron chi connectivity index (χ3n) is 2.36. The number of ketones is 1. The maximum Gasteiger partial charge on any atom is 0.345 e. The van der Waals surface area contributed by atoms with Crippen LogP contribution in [0.25, 0.3) is 0 Å². The van der Waals surface area contributed by atoms with E-state index < -0.39 is 15.7 Å². The molecule has 0 aliphatic rings. The highest BCUT2D eigenvalue weighted by Gasteiger charge is 2.24. The van der Waals surface area contributed by atoms with Gasteiger partial charge in [-0.2, -0.15) is 0 Å². The zero-order valence-corrected chi connectivity index (χ0v) is 12.0. The lowest BCUT2D eigenvalue weighted by Gasteiger charge is -2.08. The van der Waals surface area contributed by atoms with E-state index in [1.165, 1.54) is 25.1 Å². The van der Waals surface area contributed by atoms with Gasteiger partial charge < -0.3 is 4.74 Å². The van der Waals surface area contributed by atoms with E-state index in [0.717, 1.165) is 0 Å². The molecule has 1 atom stereocenters. The highest BCUT2D eigenvalue weighted by molar-refractivity contribution is 9.09. The predicted molar refractivity (Wildman–Crippen MR) is 71.4 cm³/mol. The topological polar surface area (TPSA) is 86.5 Å². The molecule has 1 unspecified atom stereocenters. The molecule has 0 aliphatic heterocycles. The number of hydrogen-bond donors (Lipinski definition) is 0. The summed E-state index contributed by atoms with van der Waals surface area (Å²) in [4.78, 5) is 32.5. The lowest BCUT2D eigenvalue weighted by Crippen LogP contribution is -2.09. The average molecular weight is 330 g/mol. The number of carbonyl (C=O) groups is 2. The Bertz CT molecular complexity index is 529. The van der Waals surface area contributed by atoms with Crippen molar-refractivity contribution in [1.82, 2.24) is 0 Å². The molecule has 0 saturated heterocycles. The van der Waals surface area contributed by atoms with Gasteiger partial charge in [-0.05, 0) is 25.5 Å². The number of esters is 1. The van der Waals surface area contributed by atoms with Crippen LogP contribution in [0.5, 0.6) is 0 Å². The Kier molecular flexibility index (Phi) is 5.17. The van der Waals surface area contributed by atoms with Crippen LogP contribution in [0.4, 0.5) is 5.69 Å². The first-order valence-corrected chi connectivity index (χ1v) is 6.40. The molecule has 1 aromatic rings. The van der Waals surface area contributed by atoms with E-state index in [0.29, 0.717) is 5.56 Å². The molecule has 0 N–H and O–H groups in total. The third kappa shape index (κ3) is 3.60. The monoisotopic (exact) mass is 329 g/mol. The van der Waals surface area contributed by atoms with Crippen molar-refractivity contribution in [3.63, 3.8) is 0 Å². The average Bonchev–Trinajstić information content (AvgIpc) is 2.37. The smallest absolute Gasteiger partial charge is 0.345 e. The highest BCUT2D eigenvalue weighted by atomic mass is 79.9. The van der Waals surface area contributed by atoms with Gasteiger partial charge in [-0.15, -0.1) is 0 Å². The van der Waals surface area contributed by atoms with Gasteiger partial charge in [0.1, 0.15) is 11.3 Å². The minimum Gasteiger partial charge on any atom is -0.462 e. The van der Waals surface area contributed by atoms with E-state index in [2.05, 4.69) is 15.9 Å². The van der Waals surface area contributed by atoms with Crippen molar-refractivity contribution in [1.29, 1.82) is 0 Å². The fraction of sp³-hybridized carbons (Fsp3) is 0.333. The molecule has 0 heterocycles. The fourth-order valence-corrected chi connectivity index (χ4v) is 1.76. The minimum absolute atomic E-state index is 0.126. The van der Waals surface area contributed by atoms with Gasteiger partial charge in [0.2, 0.25) is 0 Å². The number of rotatable bonds is 5. The number of hydrogen-bond acceptors (Lipinski definition) is 5. The molecule has 0 saturated carbocycles. The lowest BCUT2D eigenvalue weighted by atomic mass is 10.1. The van der Waals surface area contributed by atoms with E-state index >= 15 is 0 Å². The number of nitro benzene ring substituents is 1. The largest absolute Gasteiger partial charge is 0.462 e. The first-order valence-electron chi connectivity index (χ1n) is 5.48. The molecule has 1 rings (SSSR count). The number of benzene rings is 1. The van der Waals surface area contributed by atoms with Crippen molar-refractivity contribution in [2.24, 2.45) is 0 Å². The van der Waals surface area contributed by atoms with Crippen molar-refractivity contribution < 1.29 is 19.2 Å². The van der Waals surface area contributed by atoms with Gasteiger partial charge >= 0.3 is 5.97 Å². The van der Waals surface area contributed by atoms with E-state index in [9.17, 15) is 19.7 Å². The number of halogens is 1. The number of nitro groups is 1. The summed E-state index contributed by atoms with van der Waals surface area (Å²) in [5, 5.41) is 11.0. The van der Waals surface area contributed by atoms with Crippen LogP contribution in [0.3, 0.4) is 0 Å². The molecular formula is C12H12BrNO5. The van der Waals surface area contributed by atoms with Crippen LogP contribution in [-0.4, -0.2) is 23.3 Å². The van der Waals surface area contributed by atoms with Crippen molar-refractivity contribution in [3.8, 4) is 0 Å². The second-order valence-electron chi connectivity index (χ2n) is 3.73. The third-order valence-corrected chi connectivity index (χ3v) is 3.54. The maximum atomic E-state index is 11.6. The predicted octanol–water partition coefficient (Wildman–Crippen LogP) is 2.80. The number of carbonyl (C=O) groups excluding carboxylic acids is 2. The van der Waals surface area contributed by atoms with E-state index in [4.69, 9.17) is 4.74 Å². The molecule has 0 radical (unpaired) electrons. The van der Waals surface area contributed by atoms with Crippen LogP contribution >= 0.6 is 15.9 Å². The second-order valence-corrected chi connectivity index (χ2v) is 4.64. The van der Waals surface area contributed by atoms with E-state index in [-0.39, 0.29) is 23.6 Å². The summed E-state index contributed by atoms with van der Waals surface area (Å²) < 4.78 is 4.74. The quantitative estimate of drug-likeness (QED) is 0.359. The van der Waals surface area contributed by atoms with Gasteiger partial charge in [-0.25, -0.2) is 4.79 Å². The molecule has 0 aliphatic carbocycles. The second kappa shape index (κ2) is 6.42. The fourth-order valence-electron chi connectivity index (χ4n) is 1.47. The molecule has 0 bridgehead atoms. The van der Waals surface area contributed by atoms with Gasteiger partial charge in [0.25, 0.3) is 5.69 Å². The molecule has 1 aromatic carbocycles. The normalized spacial score (nSPS) is 11.7. The summed E-state index contributed by atoms with van der Waals surface area (Å²) >= 11 is 3.14. The minimum atomic E-state index is -0.755. The van der Waals surface area contributed by atoms with Crippen molar-refractivity contribution >= 4 is 33.4 Å². The van der Waals surface area contributed by atoms with Gasteiger partial charge in [-0.3, -0.25) is 14.9 Å². The van der Waals surface area contributed by atoms with E-state index in [1.54, 1.807) is 6.92 Å². The summed E-state index contributed by atoms with van der Waals surface area (Å²) in [6.07, 6.45) is 0. The first kappa shape index (κ1) is 15.3. The molecule has 0 aromatic heterocycles. The molecule has 0 amide bonds. The van der Waals surface area contributed by atoms with Crippen LogP contribution in [0.2, 0.25) is 0 Å². The van der Waals surface area contributed by atoms with Crippen molar-refractivity contribution in [2.45, 2.75) is 18.7 Å². The van der Waals surface area contributed by atoms with Crippen LogP contribution in [0, 0.1) is 10.1 Å². The van der Waals surface area contributed by atoms with Gasteiger partial charge in [0.15, 0.2) is 0 Å². The number of ether oxygens (including phenoxy) is 1. The molecule has 0 fully saturated rings.